The van der Waals surface area contributed by atoms with Gasteiger partial charge in [-0.3, -0.25) is 0 Å². The molecule has 4 rings (SSSR count). The van der Waals surface area contributed by atoms with E-state index < -0.39 is 0 Å². The predicted octanol–water partition coefficient (Wildman–Crippen LogP) is 5.35. The highest BCUT2D eigenvalue weighted by atomic mass is 35.5. The van der Waals surface area contributed by atoms with Gasteiger partial charge in [0.05, 0.1) is 18.3 Å². The van der Waals surface area contributed by atoms with E-state index in [-0.39, 0.29) is 0 Å². The normalized spacial score (nSPS) is 11.0. The number of hydrogen-bond acceptors (Lipinski definition) is 4. The number of methoxy groups -OCH3 is 1. The molecule has 6 heteroatoms. The lowest BCUT2D eigenvalue weighted by Crippen LogP contribution is -1.91. The van der Waals surface area contributed by atoms with Gasteiger partial charge in [-0.2, -0.15) is 5.10 Å². The highest BCUT2D eigenvalue weighted by Gasteiger charge is 2.10. The van der Waals surface area contributed by atoms with E-state index in [1.807, 2.05) is 53.2 Å². The van der Waals surface area contributed by atoms with E-state index in [1.165, 1.54) is 5.56 Å². The first-order chi connectivity index (χ1) is 12.7. The average Bonchev–Trinajstić information content (AvgIpc) is 3.11. The molecule has 0 saturated carbocycles. The largest absolute Gasteiger partial charge is 0.497 e. The van der Waals surface area contributed by atoms with Crippen molar-refractivity contribution in [1.82, 2.24) is 14.6 Å². The fraction of sp³-hybridized carbons (Fsp3) is 0.100. The number of thioether (sulfide) groups is 1. The Morgan fingerprint density at radius 3 is 2.85 bits per heavy atom. The molecule has 2 heterocycles. The van der Waals surface area contributed by atoms with Crippen LogP contribution in [0.1, 0.15) is 5.56 Å². The first-order valence-electron chi connectivity index (χ1n) is 8.09. The molecule has 0 bridgehead atoms. The number of aromatic nitrogens is 3. The summed E-state index contributed by atoms with van der Waals surface area (Å²) >= 11 is 7.74. The summed E-state index contributed by atoms with van der Waals surface area (Å²) in [5, 5.41) is 6.36. The third kappa shape index (κ3) is 3.54. The van der Waals surface area contributed by atoms with Crippen LogP contribution in [0.5, 0.6) is 5.75 Å². The molecule has 4 aromatic rings. The van der Waals surface area contributed by atoms with E-state index >= 15 is 0 Å². The Balaban J connectivity index is 1.65. The Morgan fingerprint density at radius 2 is 2.00 bits per heavy atom. The summed E-state index contributed by atoms with van der Waals surface area (Å²) in [5.41, 5.74) is 4.05. The summed E-state index contributed by atoms with van der Waals surface area (Å²) in [6, 6.07) is 17.8. The van der Waals surface area contributed by atoms with Gasteiger partial charge in [0.15, 0.2) is 0 Å². The van der Waals surface area contributed by atoms with E-state index in [0.717, 1.165) is 38.3 Å². The lowest BCUT2D eigenvalue weighted by molar-refractivity contribution is 0.415. The van der Waals surface area contributed by atoms with Crippen LogP contribution in [0.15, 0.2) is 72.0 Å². The minimum absolute atomic E-state index is 0.749. The third-order valence-corrected chi connectivity index (χ3v) is 5.29. The molecule has 0 atom stereocenters. The summed E-state index contributed by atoms with van der Waals surface area (Å²) < 4.78 is 7.17. The second-order valence-electron chi connectivity index (χ2n) is 5.74. The number of rotatable bonds is 5. The quantitative estimate of drug-likeness (QED) is 0.437. The van der Waals surface area contributed by atoms with E-state index in [1.54, 1.807) is 25.1 Å². The van der Waals surface area contributed by atoms with Gasteiger partial charge in [-0.05, 0) is 35.9 Å². The van der Waals surface area contributed by atoms with Crippen LogP contribution in [0.4, 0.5) is 0 Å². The van der Waals surface area contributed by atoms with Crippen molar-refractivity contribution in [2.24, 2.45) is 0 Å². The number of nitrogens with zero attached hydrogens (tertiary/aromatic N) is 3. The SMILES string of the molecule is COc1cccc(-c2cc3c(SCc4cccc(Cl)c4)nccn3n2)c1. The Labute approximate surface area is 160 Å². The molecule has 0 saturated heterocycles. The van der Waals surface area contributed by atoms with Gasteiger partial charge < -0.3 is 4.74 Å². The van der Waals surface area contributed by atoms with E-state index in [2.05, 4.69) is 22.2 Å². The molecule has 0 aliphatic rings. The van der Waals surface area contributed by atoms with Gasteiger partial charge in [-0.1, -0.05) is 47.6 Å². The second kappa shape index (κ2) is 7.40. The summed E-state index contributed by atoms with van der Waals surface area (Å²) in [7, 11) is 1.66. The van der Waals surface area contributed by atoms with Gasteiger partial charge >= 0.3 is 0 Å². The maximum atomic E-state index is 6.07. The van der Waals surface area contributed by atoms with Gasteiger partial charge in [0.25, 0.3) is 0 Å². The molecule has 4 nitrogen and oxygen atoms in total. The molecule has 0 radical (unpaired) electrons. The van der Waals surface area contributed by atoms with Crippen molar-refractivity contribution in [3.05, 3.63) is 77.6 Å². The van der Waals surface area contributed by atoms with Crippen LogP contribution < -0.4 is 4.74 Å². The monoisotopic (exact) mass is 381 g/mol. The maximum absolute atomic E-state index is 6.07. The van der Waals surface area contributed by atoms with Crippen molar-refractivity contribution in [2.45, 2.75) is 10.8 Å². The second-order valence-corrected chi connectivity index (χ2v) is 7.14. The minimum atomic E-state index is 0.749. The van der Waals surface area contributed by atoms with Crippen molar-refractivity contribution in [2.75, 3.05) is 7.11 Å². The highest BCUT2D eigenvalue weighted by Crippen LogP contribution is 2.29. The summed E-state index contributed by atoms with van der Waals surface area (Å²) in [4.78, 5) is 4.53. The van der Waals surface area contributed by atoms with Crippen LogP contribution in [-0.4, -0.2) is 21.7 Å². The van der Waals surface area contributed by atoms with Crippen LogP contribution in [0.3, 0.4) is 0 Å². The predicted molar refractivity (Wildman–Crippen MR) is 106 cm³/mol. The fourth-order valence-corrected chi connectivity index (χ4v) is 3.84. The summed E-state index contributed by atoms with van der Waals surface area (Å²) in [6.45, 7) is 0. The standard InChI is InChI=1S/C20H16ClN3OS/c1-25-17-7-3-5-15(11-17)18-12-19-20(22-8-9-24(19)23-18)26-13-14-4-2-6-16(21)10-14/h2-12H,13H2,1H3. The maximum Gasteiger partial charge on any atom is 0.122 e. The van der Waals surface area contributed by atoms with Crippen LogP contribution in [0.25, 0.3) is 16.8 Å². The van der Waals surface area contributed by atoms with Crippen molar-refractivity contribution < 1.29 is 4.74 Å². The fourth-order valence-electron chi connectivity index (χ4n) is 2.71. The molecule has 130 valence electrons. The van der Waals surface area contributed by atoms with Crippen LogP contribution in [-0.2, 0) is 5.75 Å². The summed E-state index contributed by atoms with van der Waals surface area (Å²) in [5.74, 6) is 1.61. The van der Waals surface area contributed by atoms with Gasteiger partial charge in [0.1, 0.15) is 10.8 Å². The molecule has 0 aliphatic heterocycles. The summed E-state index contributed by atoms with van der Waals surface area (Å²) in [6.07, 6.45) is 3.64. The van der Waals surface area contributed by atoms with Crippen molar-refractivity contribution in [1.29, 1.82) is 0 Å². The zero-order valence-electron chi connectivity index (χ0n) is 14.1. The zero-order chi connectivity index (χ0) is 17.9. The zero-order valence-corrected chi connectivity index (χ0v) is 15.7. The number of halogens is 1. The first kappa shape index (κ1) is 16.9. The molecule has 0 spiro atoms. The Bertz CT molecular complexity index is 1060. The molecule has 0 aliphatic carbocycles. The number of fused-ring (bicyclic) bond motifs is 1. The Morgan fingerprint density at radius 1 is 1.12 bits per heavy atom. The molecule has 2 aromatic carbocycles. The molecule has 26 heavy (non-hydrogen) atoms. The molecule has 0 amide bonds. The number of ether oxygens (including phenoxy) is 1. The van der Waals surface area contributed by atoms with Gasteiger partial charge in [-0.15, -0.1) is 0 Å². The van der Waals surface area contributed by atoms with Crippen LogP contribution in [0, 0.1) is 0 Å². The lowest BCUT2D eigenvalue weighted by atomic mass is 10.1. The number of benzene rings is 2. The Hall–Kier alpha value is -2.50. The smallest absolute Gasteiger partial charge is 0.122 e. The van der Waals surface area contributed by atoms with Crippen molar-refractivity contribution >= 4 is 28.9 Å². The topological polar surface area (TPSA) is 39.4 Å². The number of hydrogen-bond donors (Lipinski definition) is 0. The van der Waals surface area contributed by atoms with Crippen LogP contribution in [0.2, 0.25) is 5.02 Å². The van der Waals surface area contributed by atoms with Crippen molar-refractivity contribution in [3.8, 4) is 17.0 Å². The average molecular weight is 382 g/mol. The molecule has 0 unspecified atom stereocenters. The Kier molecular flexibility index (Phi) is 4.82. The third-order valence-electron chi connectivity index (χ3n) is 3.98. The highest BCUT2D eigenvalue weighted by molar-refractivity contribution is 7.98. The molecular formula is C20H16ClN3OS. The molecule has 0 N–H and O–H groups in total. The molecule has 0 fully saturated rings. The van der Waals surface area contributed by atoms with Gasteiger partial charge in [0, 0.05) is 28.7 Å². The molecule has 2 aromatic heterocycles. The van der Waals surface area contributed by atoms with Crippen molar-refractivity contribution in [3.63, 3.8) is 0 Å². The first-order valence-corrected chi connectivity index (χ1v) is 9.45. The lowest BCUT2D eigenvalue weighted by Gasteiger charge is -2.03. The van der Waals surface area contributed by atoms with E-state index in [9.17, 15) is 0 Å². The van der Waals surface area contributed by atoms with Gasteiger partial charge in [0.2, 0.25) is 0 Å². The molecular weight excluding hydrogens is 366 g/mol. The van der Waals surface area contributed by atoms with E-state index in [4.69, 9.17) is 16.3 Å². The van der Waals surface area contributed by atoms with Gasteiger partial charge in [-0.25, -0.2) is 9.50 Å². The van der Waals surface area contributed by atoms with E-state index in [0.29, 0.717) is 0 Å². The van der Waals surface area contributed by atoms with Crippen LogP contribution >= 0.6 is 23.4 Å². The minimum Gasteiger partial charge on any atom is -0.497 e.